The molecule has 0 saturated carbocycles. The first-order valence-corrected chi connectivity index (χ1v) is 6.87. The van der Waals surface area contributed by atoms with Crippen LogP contribution in [0.15, 0.2) is 24.3 Å². The quantitative estimate of drug-likeness (QED) is 0.819. The van der Waals surface area contributed by atoms with Crippen LogP contribution in [0.1, 0.15) is 50.5 Å². The van der Waals surface area contributed by atoms with Gasteiger partial charge in [-0.15, -0.1) is 11.8 Å². The number of carbonyl (C=O) groups is 1. The van der Waals surface area contributed by atoms with Gasteiger partial charge in [0.05, 0.1) is 11.6 Å². The van der Waals surface area contributed by atoms with Gasteiger partial charge in [0.2, 0.25) is 0 Å². The van der Waals surface area contributed by atoms with Crippen LogP contribution in [0.2, 0.25) is 0 Å². The molecule has 96 valence electrons. The van der Waals surface area contributed by atoms with Crippen LogP contribution in [0.5, 0.6) is 0 Å². The van der Waals surface area contributed by atoms with Crippen LogP contribution in [0.25, 0.3) is 0 Å². The lowest BCUT2D eigenvalue weighted by molar-refractivity contribution is -0.117. The maximum atomic E-state index is 11.4. The summed E-state index contributed by atoms with van der Waals surface area (Å²) in [5.41, 5.74) is 1.77. The van der Waals surface area contributed by atoms with E-state index in [4.69, 9.17) is 5.26 Å². The summed E-state index contributed by atoms with van der Waals surface area (Å²) in [5, 5.41) is 8.95. The van der Waals surface area contributed by atoms with Crippen LogP contribution in [0, 0.1) is 11.3 Å². The van der Waals surface area contributed by atoms with Crippen molar-refractivity contribution in [3.63, 3.8) is 0 Å². The monoisotopic (exact) mass is 261 g/mol. The van der Waals surface area contributed by atoms with E-state index in [2.05, 4.69) is 26.8 Å². The Morgan fingerprint density at radius 2 is 1.89 bits per heavy atom. The second-order valence-corrected chi connectivity index (χ2v) is 7.39. The number of ketones is 1. The smallest absolute Gasteiger partial charge is 0.131 e. The van der Waals surface area contributed by atoms with E-state index in [1.165, 1.54) is 0 Å². The number of Topliss-reactive ketones (excluding diaryl/α,β-unsaturated/α-hetero) is 1. The van der Waals surface area contributed by atoms with E-state index in [0.29, 0.717) is 12.0 Å². The minimum absolute atomic E-state index is 0.105. The summed E-state index contributed by atoms with van der Waals surface area (Å²) in [6.45, 7) is 8.07. The first kappa shape index (κ1) is 14.8. The van der Waals surface area contributed by atoms with Crippen LogP contribution < -0.4 is 0 Å². The van der Waals surface area contributed by atoms with Gasteiger partial charge in [-0.1, -0.05) is 32.9 Å². The molecule has 1 aromatic rings. The van der Waals surface area contributed by atoms with Crippen molar-refractivity contribution in [3.05, 3.63) is 35.4 Å². The van der Waals surface area contributed by atoms with Crippen LogP contribution in [0.4, 0.5) is 0 Å². The largest absolute Gasteiger partial charge is 0.300 e. The summed E-state index contributed by atoms with van der Waals surface area (Å²) in [6, 6.07) is 9.63. The summed E-state index contributed by atoms with van der Waals surface area (Å²) in [6.07, 6.45) is 0.536. The Morgan fingerprint density at radius 1 is 1.33 bits per heavy atom. The van der Waals surface area contributed by atoms with E-state index in [-0.39, 0.29) is 15.8 Å². The van der Waals surface area contributed by atoms with Crippen molar-refractivity contribution in [2.45, 2.75) is 44.1 Å². The molecule has 0 aliphatic rings. The molecular formula is C15H19NOS. The van der Waals surface area contributed by atoms with Gasteiger partial charge in [-0.05, 0) is 24.6 Å². The molecule has 0 radical (unpaired) electrons. The second kappa shape index (κ2) is 6.06. The minimum Gasteiger partial charge on any atom is -0.300 e. The van der Waals surface area contributed by atoms with Crippen LogP contribution in [-0.2, 0) is 4.79 Å². The van der Waals surface area contributed by atoms with E-state index in [1.807, 2.05) is 24.3 Å². The highest BCUT2D eigenvalue weighted by atomic mass is 32.2. The molecule has 0 amide bonds. The maximum Gasteiger partial charge on any atom is 0.131 e. The fourth-order valence-corrected chi connectivity index (χ4v) is 3.15. The Labute approximate surface area is 113 Å². The van der Waals surface area contributed by atoms with Crippen molar-refractivity contribution in [2.24, 2.45) is 0 Å². The third kappa shape index (κ3) is 4.93. The molecule has 3 heteroatoms. The number of thioether (sulfide) groups is 1. The van der Waals surface area contributed by atoms with E-state index < -0.39 is 0 Å². The third-order valence-corrected chi connectivity index (χ3v) is 3.81. The van der Waals surface area contributed by atoms with Gasteiger partial charge in [-0.2, -0.15) is 5.26 Å². The van der Waals surface area contributed by atoms with E-state index in [1.54, 1.807) is 18.7 Å². The Hall–Kier alpha value is -1.27. The molecule has 0 aliphatic heterocycles. The molecule has 1 rings (SSSR count). The van der Waals surface area contributed by atoms with Gasteiger partial charge in [-0.3, -0.25) is 4.79 Å². The summed E-state index contributed by atoms with van der Waals surface area (Å²) in [7, 11) is 0. The lowest BCUT2D eigenvalue weighted by atomic mass is 10.1. The molecular weight excluding hydrogens is 242 g/mol. The highest BCUT2D eigenvalue weighted by molar-refractivity contribution is 8.00. The van der Waals surface area contributed by atoms with Gasteiger partial charge in [-0.25, -0.2) is 0 Å². The molecule has 1 atom stereocenters. The summed E-state index contributed by atoms with van der Waals surface area (Å²) in [4.78, 5) is 11.4. The van der Waals surface area contributed by atoms with Gasteiger partial charge in [0, 0.05) is 16.4 Å². The molecule has 2 nitrogen and oxygen atoms in total. The molecule has 0 spiro atoms. The van der Waals surface area contributed by atoms with Crippen LogP contribution >= 0.6 is 11.8 Å². The molecule has 0 unspecified atom stereocenters. The summed E-state index contributed by atoms with van der Waals surface area (Å²) >= 11 is 1.79. The highest BCUT2D eigenvalue weighted by Crippen LogP contribution is 2.40. The molecule has 0 N–H and O–H groups in total. The fraction of sp³-hybridized carbons (Fsp3) is 0.467. The predicted octanol–water partition coefficient (Wildman–Crippen LogP) is 4.11. The third-order valence-electron chi connectivity index (χ3n) is 2.38. The number of carbonyl (C=O) groups excluding carboxylic acids is 1. The normalized spacial score (nSPS) is 12.8. The van der Waals surface area contributed by atoms with Crippen molar-refractivity contribution < 1.29 is 4.79 Å². The van der Waals surface area contributed by atoms with E-state index >= 15 is 0 Å². The number of hydrogen-bond acceptors (Lipinski definition) is 3. The molecule has 0 aromatic heterocycles. The average molecular weight is 261 g/mol. The highest BCUT2D eigenvalue weighted by Gasteiger charge is 2.22. The standard InChI is InChI=1S/C15H19NOS/c1-11(17)9-14(18-15(2,3)4)13-7-5-12(10-16)6-8-13/h5-8,14H,9H2,1-4H3/t14-/m0/s1. The molecule has 0 saturated heterocycles. The average Bonchev–Trinajstić information content (AvgIpc) is 2.26. The van der Waals surface area contributed by atoms with Crippen LogP contribution in [-0.4, -0.2) is 10.5 Å². The van der Waals surface area contributed by atoms with Gasteiger partial charge in [0.25, 0.3) is 0 Å². The van der Waals surface area contributed by atoms with Gasteiger partial charge < -0.3 is 0 Å². The number of rotatable bonds is 4. The fourth-order valence-electron chi connectivity index (χ4n) is 1.69. The Balaban J connectivity index is 2.94. The SMILES string of the molecule is CC(=O)C[C@H](SC(C)(C)C)c1ccc(C#N)cc1. The van der Waals surface area contributed by atoms with Crippen molar-refractivity contribution in [2.75, 3.05) is 0 Å². The van der Waals surface area contributed by atoms with Crippen molar-refractivity contribution in [3.8, 4) is 6.07 Å². The molecule has 18 heavy (non-hydrogen) atoms. The summed E-state index contributed by atoms with van der Waals surface area (Å²) in [5.74, 6) is 0.195. The van der Waals surface area contributed by atoms with Gasteiger partial charge in [0.15, 0.2) is 0 Å². The Morgan fingerprint density at radius 3 is 2.28 bits per heavy atom. The molecule has 0 heterocycles. The predicted molar refractivity (Wildman–Crippen MR) is 76.5 cm³/mol. The lowest BCUT2D eigenvalue weighted by Gasteiger charge is -2.25. The zero-order chi connectivity index (χ0) is 13.8. The van der Waals surface area contributed by atoms with Gasteiger partial charge >= 0.3 is 0 Å². The first-order chi connectivity index (χ1) is 8.31. The Kier molecular flexibility index (Phi) is 4.98. The molecule has 0 fully saturated rings. The van der Waals surface area contributed by atoms with Crippen molar-refractivity contribution in [1.82, 2.24) is 0 Å². The summed E-state index contributed by atoms with van der Waals surface area (Å²) < 4.78 is 0.105. The Bertz CT molecular complexity index is 451. The minimum atomic E-state index is 0.105. The van der Waals surface area contributed by atoms with E-state index in [0.717, 1.165) is 5.56 Å². The van der Waals surface area contributed by atoms with Crippen LogP contribution in [0.3, 0.4) is 0 Å². The number of benzene rings is 1. The molecule has 1 aromatic carbocycles. The molecule has 0 aliphatic carbocycles. The van der Waals surface area contributed by atoms with Crippen molar-refractivity contribution in [1.29, 1.82) is 5.26 Å². The number of hydrogen-bond donors (Lipinski definition) is 0. The zero-order valence-corrected chi connectivity index (χ0v) is 12.2. The van der Waals surface area contributed by atoms with E-state index in [9.17, 15) is 4.79 Å². The lowest BCUT2D eigenvalue weighted by Crippen LogP contribution is -2.13. The zero-order valence-electron chi connectivity index (χ0n) is 11.4. The second-order valence-electron chi connectivity index (χ2n) is 5.36. The maximum absolute atomic E-state index is 11.4. The topological polar surface area (TPSA) is 40.9 Å². The first-order valence-electron chi connectivity index (χ1n) is 5.99. The van der Waals surface area contributed by atoms with Gasteiger partial charge in [0.1, 0.15) is 5.78 Å². The van der Waals surface area contributed by atoms with Crippen molar-refractivity contribution >= 4 is 17.5 Å². The molecule has 0 bridgehead atoms. The number of nitriles is 1. The number of nitrogens with zero attached hydrogens (tertiary/aromatic N) is 1.